The van der Waals surface area contributed by atoms with Crippen molar-refractivity contribution < 1.29 is 19.4 Å². The summed E-state index contributed by atoms with van der Waals surface area (Å²) >= 11 is 6.31. The summed E-state index contributed by atoms with van der Waals surface area (Å²) in [7, 11) is 1.61. The fourth-order valence-electron chi connectivity index (χ4n) is 4.33. The number of aliphatic carboxylic acids is 1. The van der Waals surface area contributed by atoms with Crippen molar-refractivity contribution >= 4 is 51.9 Å². The van der Waals surface area contributed by atoms with Crippen molar-refractivity contribution in [2.75, 3.05) is 25.1 Å². The monoisotopic (exact) mass is 434 g/mol. The van der Waals surface area contributed by atoms with Crippen molar-refractivity contribution in [1.29, 1.82) is 0 Å². The average Bonchev–Trinajstić information content (AvgIpc) is 2.88. The highest BCUT2D eigenvalue weighted by Crippen LogP contribution is 2.46. The number of methoxy groups -OCH3 is 1. The molecule has 1 saturated heterocycles. The van der Waals surface area contributed by atoms with E-state index in [1.165, 1.54) is 5.56 Å². The Labute approximate surface area is 180 Å². The molecule has 1 atom stereocenters. The number of thioether (sulfide) groups is 1. The van der Waals surface area contributed by atoms with Gasteiger partial charge in [0.1, 0.15) is 16.6 Å². The maximum absolute atomic E-state index is 12.6. The minimum Gasteiger partial charge on any atom is -0.496 e. The minimum absolute atomic E-state index is 0.0486. The molecule has 0 spiro atoms. The molecule has 1 N–H and O–H groups in total. The van der Waals surface area contributed by atoms with Gasteiger partial charge in [0.2, 0.25) is 0 Å². The van der Waals surface area contributed by atoms with Crippen LogP contribution in [-0.4, -0.2) is 51.9 Å². The fraction of sp³-hybridized carbons (Fsp3) is 0.476. The number of hydrogen-bond donors (Lipinski definition) is 1. The molecule has 8 heteroatoms. The molecule has 0 bridgehead atoms. The van der Waals surface area contributed by atoms with Crippen LogP contribution >= 0.6 is 24.0 Å². The van der Waals surface area contributed by atoms with Crippen molar-refractivity contribution in [3.05, 3.63) is 28.2 Å². The first-order valence-corrected chi connectivity index (χ1v) is 10.8. The van der Waals surface area contributed by atoms with Crippen LogP contribution in [-0.2, 0) is 9.59 Å². The number of carboxylic acids is 1. The number of nitrogens with zero attached hydrogens (tertiary/aromatic N) is 2. The molecule has 29 heavy (non-hydrogen) atoms. The van der Waals surface area contributed by atoms with Crippen molar-refractivity contribution in [2.24, 2.45) is 0 Å². The summed E-state index contributed by atoms with van der Waals surface area (Å²) in [6, 6.07) is 4.13. The van der Waals surface area contributed by atoms with Crippen molar-refractivity contribution in [3.8, 4) is 5.75 Å². The Morgan fingerprint density at radius 3 is 2.72 bits per heavy atom. The molecule has 2 heterocycles. The molecule has 1 unspecified atom stereocenters. The molecule has 1 amide bonds. The normalized spacial score (nSPS) is 22.2. The third-order valence-electron chi connectivity index (χ3n) is 5.51. The van der Waals surface area contributed by atoms with Crippen molar-refractivity contribution in [1.82, 2.24) is 4.90 Å². The van der Waals surface area contributed by atoms with E-state index >= 15 is 0 Å². The third kappa shape index (κ3) is 4.00. The topological polar surface area (TPSA) is 70.1 Å². The molecule has 156 valence electrons. The van der Waals surface area contributed by atoms with Gasteiger partial charge in [-0.2, -0.15) is 0 Å². The fourth-order valence-corrected chi connectivity index (χ4v) is 5.57. The van der Waals surface area contributed by atoms with E-state index in [0.29, 0.717) is 16.6 Å². The van der Waals surface area contributed by atoms with Crippen LogP contribution in [0.2, 0.25) is 0 Å². The Bertz CT molecular complexity index is 910. The molecular weight excluding hydrogens is 408 g/mol. The molecular formula is C21H26N2O4S2. The van der Waals surface area contributed by atoms with Crippen LogP contribution < -0.4 is 9.64 Å². The number of fused-ring (bicyclic) bond motifs is 1. The first-order valence-electron chi connectivity index (χ1n) is 9.55. The van der Waals surface area contributed by atoms with E-state index in [-0.39, 0.29) is 15.8 Å². The summed E-state index contributed by atoms with van der Waals surface area (Å²) in [5, 5.41) is 9.01. The predicted octanol–water partition coefficient (Wildman–Crippen LogP) is 4.09. The summed E-state index contributed by atoms with van der Waals surface area (Å²) in [4.78, 5) is 27.6. The number of carbonyl (C=O) groups is 2. The van der Waals surface area contributed by atoms with Crippen molar-refractivity contribution in [3.63, 3.8) is 0 Å². The summed E-state index contributed by atoms with van der Waals surface area (Å²) in [6.45, 7) is 9.34. The Kier molecular flexibility index (Phi) is 5.96. The lowest BCUT2D eigenvalue weighted by Crippen LogP contribution is -2.48. The van der Waals surface area contributed by atoms with Gasteiger partial charge in [0.15, 0.2) is 0 Å². The van der Waals surface area contributed by atoms with E-state index in [1.807, 2.05) is 6.07 Å². The number of rotatable bonds is 5. The minimum atomic E-state index is -1.09. The Hall–Kier alpha value is -2.06. The highest BCUT2D eigenvalue weighted by atomic mass is 32.2. The van der Waals surface area contributed by atoms with Crippen LogP contribution in [0.15, 0.2) is 17.0 Å². The molecule has 6 nitrogen and oxygen atoms in total. The van der Waals surface area contributed by atoms with E-state index in [1.54, 1.807) is 13.2 Å². The van der Waals surface area contributed by atoms with E-state index in [4.69, 9.17) is 22.1 Å². The first kappa shape index (κ1) is 21.6. The zero-order chi connectivity index (χ0) is 21.5. The first-order chi connectivity index (χ1) is 13.6. The van der Waals surface area contributed by atoms with Gasteiger partial charge in [-0.3, -0.25) is 14.5 Å². The van der Waals surface area contributed by atoms with E-state index in [2.05, 4.69) is 38.7 Å². The van der Waals surface area contributed by atoms with Gasteiger partial charge in [0.25, 0.3) is 5.91 Å². The highest BCUT2D eigenvalue weighted by Gasteiger charge is 2.37. The largest absolute Gasteiger partial charge is 0.496 e. The van der Waals surface area contributed by atoms with Crippen LogP contribution in [0.4, 0.5) is 5.69 Å². The average molecular weight is 435 g/mol. The Morgan fingerprint density at radius 2 is 2.14 bits per heavy atom. The maximum atomic E-state index is 12.6. The molecule has 1 aromatic carbocycles. The number of amides is 1. The van der Waals surface area contributed by atoms with Crippen LogP contribution in [0.5, 0.6) is 5.75 Å². The lowest BCUT2D eigenvalue weighted by atomic mass is 9.79. The van der Waals surface area contributed by atoms with E-state index in [9.17, 15) is 9.59 Å². The number of ether oxygens (including phenoxy) is 1. The second-order valence-electron chi connectivity index (χ2n) is 7.98. The zero-order valence-corrected chi connectivity index (χ0v) is 18.9. The molecule has 2 aliphatic rings. The number of hydrogen-bond acceptors (Lipinski definition) is 6. The summed E-state index contributed by atoms with van der Waals surface area (Å²) in [5.41, 5.74) is 3.22. The maximum Gasteiger partial charge on any atom is 0.323 e. The van der Waals surface area contributed by atoms with Gasteiger partial charge in [0, 0.05) is 29.4 Å². The molecule has 0 aromatic heterocycles. The smallest absolute Gasteiger partial charge is 0.323 e. The lowest BCUT2D eigenvalue weighted by molar-refractivity contribution is -0.140. The molecule has 0 saturated carbocycles. The number of carbonyl (C=O) groups excluding carboxylic acids is 1. The SMILES string of the molecule is CCN1c2cc(OC)c(/C=C3\SC(=S)N(CC(=O)O)C3=O)cc2C(C)CC1(C)C. The Balaban J connectivity index is 2.05. The number of anilines is 1. The predicted molar refractivity (Wildman–Crippen MR) is 121 cm³/mol. The molecule has 0 aliphatic carbocycles. The van der Waals surface area contributed by atoms with Crippen LogP contribution in [0.3, 0.4) is 0 Å². The number of thiocarbonyl (C=S) groups is 1. The second-order valence-corrected chi connectivity index (χ2v) is 9.65. The number of carboxylic acid groups (broad SMARTS) is 1. The lowest BCUT2D eigenvalue weighted by Gasteiger charge is -2.47. The number of benzene rings is 1. The molecule has 1 aromatic rings. The quantitative estimate of drug-likeness (QED) is 0.553. The van der Waals surface area contributed by atoms with Gasteiger partial charge in [-0.05, 0) is 50.8 Å². The summed E-state index contributed by atoms with van der Waals surface area (Å²) in [6.07, 6.45) is 2.78. The Morgan fingerprint density at radius 1 is 1.45 bits per heavy atom. The van der Waals surface area contributed by atoms with Gasteiger partial charge in [0.05, 0.1) is 12.0 Å². The van der Waals surface area contributed by atoms with Crippen LogP contribution in [0.1, 0.15) is 51.2 Å². The molecule has 3 rings (SSSR count). The van der Waals surface area contributed by atoms with E-state index in [0.717, 1.165) is 40.9 Å². The highest BCUT2D eigenvalue weighted by molar-refractivity contribution is 8.26. The molecule has 1 fully saturated rings. The van der Waals surface area contributed by atoms with Gasteiger partial charge in [-0.25, -0.2) is 0 Å². The van der Waals surface area contributed by atoms with Gasteiger partial charge in [-0.15, -0.1) is 0 Å². The summed E-state index contributed by atoms with van der Waals surface area (Å²) < 4.78 is 5.90. The van der Waals surface area contributed by atoms with Gasteiger partial charge >= 0.3 is 5.97 Å². The van der Waals surface area contributed by atoms with Crippen molar-refractivity contribution in [2.45, 2.75) is 45.6 Å². The zero-order valence-electron chi connectivity index (χ0n) is 17.3. The molecule has 0 radical (unpaired) electrons. The van der Waals surface area contributed by atoms with E-state index < -0.39 is 12.5 Å². The van der Waals surface area contributed by atoms with Crippen LogP contribution in [0, 0.1) is 0 Å². The molecule has 2 aliphatic heterocycles. The van der Waals surface area contributed by atoms with Crippen LogP contribution in [0.25, 0.3) is 6.08 Å². The third-order valence-corrected chi connectivity index (χ3v) is 6.88. The van der Waals surface area contributed by atoms with Gasteiger partial charge < -0.3 is 14.7 Å². The van der Waals surface area contributed by atoms with Gasteiger partial charge in [-0.1, -0.05) is 30.9 Å². The second kappa shape index (κ2) is 7.99. The standard InChI is InChI=1S/C21H26N2O4S2/c1-6-23-15-9-16(27-5)13(7-14(15)12(2)10-21(23,3)4)8-17-19(26)22(11-18(24)25)20(28)29-17/h7-9,12H,6,10-11H2,1-5H3,(H,24,25)/b17-8-. The summed E-state index contributed by atoms with van der Waals surface area (Å²) in [5.74, 6) is -0.436.